The van der Waals surface area contributed by atoms with Crippen LogP contribution >= 0.6 is 0 Å². The lowest BCUT2D eigenvalue weighted by Gasteiger charge is -2.29. The fourth-order valence-corrected chi connectivity index (χ4v) is 3.49. The third-order valence-corrected chi connectivity index (χ3v) is 4.39. The Morgan fingerprint density at radius 2 is 1.88 bits per heavy atom. The molecule has 0 amide bonds. The summed E-state index contributed by atoms with van der Waals surface area (Å²) in [6.45, 7) is 4.56. The molecule has 1 N–H and O–H groups in total. The topological polar surface area (TPSA) is 12.0 Å². The van der Waals surface area contributed by atoms with Crippen LogP contribution in [-0.2, 0) is 19.4 Å². The lowest BCUT2D eigenvalue weighted by molar-refractivity contribution is 0.507. The van der Waals surface area contributed by atoms with Crippen molar-refractivity contribution >= 4 is 0 Å². The minimum Gasteiger partial charge on any atom is -0.312 e. The van der Waals surface area contributed by atoms with Crippen LogP contribution < -0.4 is 5.32 Å². The monoisotopic (exact) mass is 229 g/mol. The summed E-state index contributed by atoms with van der Waals surface area (Å²) < 4.78 is 0. The highest BCUT2D eigenvalue weighted by Gasteiger charge is 2.21. The standard InChI is InChI=1S/C16H23N/c1-2-5-14-10-17-11-15-8-12-6-3-4-7-13(12)9-16(14)15/h8-9,14,17H,2-7,10-11H2,1H3. The Bertz CT molecular complexity index is 408. The molecule has 0 fully saturated rings. The van der Waals surface area contributed by atoms with Gasteiger partial charge in [0.1, 0.15) is 0 Å². The summed E-state index contributed by atoms with van der Waals surface area (Å²) in [4.78, 5) is 0. The largest absolute Gasteiger partial charge is 0.312 e. The van der Waals surface area contributed by atoms with Crippen LogP contribution in [0.15, 0.2) is 12.1 Å². The Morgan fingerprint density at radius 1 is 1.12 bits per heavy atom. The molecule has 0 bridgehead atoms. The van der Waals surface area contributed by atoms with Crippen molar-refractivity contribution in [1.82, 2.24) is 5.32 Å². The Labute approximate surface area is 105 Å². The molecule has 1 unspecified atom stereocenters. The molecule has 3 rings (SSSR count). The molecular weight excluding hydrogens is 206 g/mol. The van der Waals surface area contributed by atoms with E-state index in [2.05, 4.69) is 24.4 Å². The maximum Gasteiger partial charge on any atom is 0.0208 e. The highest BCUT2D eigenvalue weighted by atomic mass is 14.9. The van der Waals surface area contributed by atoms with Crippen LogP contribution in [-0.4, -0.2) is 6.54 Å². The van der Waals surface area contributed by atoms with E-state index in [1.54, 1.807) is 22.3 Å². The van der Waals surface area contributed by atoms with Gasteiger partial charge in [-0.05, 0) is 60.3 Å². The number of hydrogen-bond acceptors (Lipinski definition) is 1. The quantitative estimate of drug-likeness (QED) is 0.817. The Kier molecular flexibility index (Phi) is 3.19. The second kappa shape index (κ2) is 4.81. The van der Waals surface area contributed by atoms with E-state index in [0.29, 0.717) is 0 Å². The van der Waals surface area contributed by atoms with Crippen molar-refractivity contribution in [2.75, 3.05) is 6.54 Å². The molecule has 0 saturated heterocycles. The van der Waals surface area contributed by atoms with Gasteiger partial charge in [-0.2, -0.15) is 0 Å². The molecular formula is C16H23N. The molecule has 1 heteroatoms. The van der Waals surface area contributed by atoms with E-state index in [1.807, 2.05) is 0 Å². The number of benzene rings is 1. The van der Waals surface area contributed by atoms with Crippen LogP contribution in [0.4, 0.5) is 0 Å². The van der Waals surface area contributed by atoms with Crippen molar-refractivity contribution < 1.29 is 0 Å². The zero-order chi connectivity index (χ0) is 11.7. The SMILES string of the molecule is CCCC1CNCc2cc3c(cc21)CCCC3. The van der Waals surface area contributed by atoms with E-state index in [9.17, 15) is 0 Å². The smallest absolute Gasteiger partial charge is 0.0208 e. The molecule has 2 aliphatic rings. The third-order valence-electron chi connectivity index (χ3n) is 4.39. The van der Waals surface area contributed by atoms with Crippen LogP contribution in [0.5, 0.6) is 0 Å². The van der Waals surface area contributed by atoms with Gasteiger partial charge in [0.2, 0.25) is 0 Å². The van der Waals surface area contributed by atoms with Gasteiger partial charge in [0, 0.05) is 13.1 Å². The van der Waals surface area contributed by atoms with E-state index in [0.717, 1.165) is 12.5 Å². The van der Waals surface area contributed by atoms with Gasteiger partial charge in [0.05, 0.1) is 0 Å². The maximum absolute atomic E-state index is 3.58. The predicted molar refractivity (Wildman–Crippen MR) is 72.4 cm³/mol. The van der Waals surface area contributed by atoms with Crippen LogP contribution in [0.1, 0.15) is 60.8 Å². The van der Waals surface area contributed by atoms with Crippen molar-refractivity contribution in [3.05, 3.63) is 34.4 Å². The zero-order valence-electron chi connectivity index (χ0n) is 10.9. The van der Waals surface area contributed by atoms with E-state index < -0.39 is 0 Å². The van der Waals surface area contributed by atoms with Crippen molar-refractivity contribution in [2.45, 2.75) is 57.9 Å². The summed E-state index contributed by atoms with van der Waals surface area (Å²) in [6.07, 6.45) is 8.03. The van der Waals surface area contributed by atoms with Crippen molar-refractivity contribution in [3.8, 4) is 0 Å². The molecule has 0 saturated carbocycles. The molecule has 0 spiro atoms. The number of fused-ring (bicyclic) bond motifs is 2. The lowest BCUT2D eigenvalue weighted by Crippen LogP contribution is -2.28. The molecule has 0 aromatic heterocycles. The zero-order valence-corrected chi connectivity index (χ0v) is 10.9. The summed E-state index contributed by atoms with van der Waals surface area (Å²) in [5.41, 5.74) is 6.52. The first-order chi connectivity index (χ1) is 8.38. The minimum absolute atomic E-state index is 0.760. The first-order valence-electron chi connectivity index (χ1n) is 7.23. The summed E-state index contributed by atoms with van der Waals surface area (Å²) in [7, 11) is 0. The summed E-state index contributed by atoms with van der Waals surface area (Å²) in [6, 6.07) is 5.05. The van der Waals surface area contributed by atoms with Crippen LogP contribution in [0.25, 0.3) is 0 Å². The summed E-state index contributed by atoms with van der Waals surface area (Å²) in [5, 5.41) is 3.58. The molecule has 1 heterocycles. The molecule has 1 aromatic rings. The van der Waals surface area contributed by atoms with Gasteiger partial charge in [-0.25, -0.2) is 0 Å². The number of rotatable bonds is 2. The van der Waals surface area contributed by atoms with E-state index in [-0.39, 0.29) is 0 Å². The van der Waals surface area contributed by atoms with Gasteiger partial charge in [-0.1, -0.05) is 25.5 Å². The highest BCUT2D eigenvalue weighted by Crippen LogP contribution is 2.32. The van der Waals surface area contributed by atoms with E-state index in [4.69, 9.17) is 0 Å². The first kappa shape index (κ1) is 11.3. The Morgan fingerprint density at radius 3 is 2.65 bits per heavy atom. The summed E-state index contributed by atoms with van der Waals surface area (Å²) >= 11 is 0. The molecule has 0 radical (unpaired) electrons. The fraction of sp³-hybridized carbons (Fsp3) is 0.625. The van der Waals surface area contributed by atoms with Gasteiger partial charge in [-0.15, -0.1) is 0 Å². The van der Waals surface area contributed by atoms with Gasteiger partial charge in [-0.3, -0.25) is 0 Å². The average Bonchev–Trinajstić information content (AvgIpc) is 2.37. The van der Waals surface area contributed by atoms with Gasteiger partial charge in [0.25, 0.3) is 0 Å². The van der Waals surface area contributed by atoms with Crippen LogP contribution in [0, 0.1) is 0 Å². The number of hydrogen-bond donors (Lipinski definition) is 1. The van der Waals surface area contributed by atoms with Crippen molar-refractivity contribution in [3.63, 3.8) is 0 Å². The lowest BCUT2D eigenvalue weighted by atomic mass is 9.81. The third kappa shape index (κ3) is 2.13. The number of aryl methyl sites for hydroxylation is 2. The van der Waals surface area contributed by atoms with Crippen molar-refractivity contribution in [2.24, 2.45) is 0 Å². The van der Waals surface area contributed by atoms with Crippen LogP contribution in [0.3, 0.4) is 0 Å². The second-order valence-electron chi connectivity index (χ2n) is 5.64. The average molecular weight is 229 g/mol. The Balaban J connectivity index is 1.98. The van der Waals surface area contributed by atoms with Gasteiger partial charge < -0.3 is 5.32 Å². The van der Waals surface area contributed by atoms with Crippen LogP contribution in [0.2, 0.25) is 0 Å². The Hall–Kier alpha value is -0.820. The van der Waals surface area contributed by atoms with Gasteiger partial charge >= 0.3 is 0 Å². The maximum atomic E-state index is 3.58. The minimum atomic E-state index is 0.760. The molecule has 1 atom stereocenters. The normalized spacial score (nSPS) is 23.0. The summed E-state index contributed by atoms with van der Waals surface area (Å²) in [5.74, 6) is 0.760. The molecule has 92 valence electrons. The molecule has 1 aliphatic heterocycles. The molecule has 1 aliphatic carbocycles. The number of nitrogens with one attached hydrogen (secondary N) is 1. The molecule has 17 heavy (non-hydrogen) atoms. The van der Waals surface area contributed by atoms with Crippen molar-refractivity contribution in [1.29, 1.82) is 0 Å². The first-order valence-corrected chi connectivity index (χ1v) is 7.23. The van der Waals surface area contributed by atoms with E-state index in [1.165, 1.54) is 45.1 Å². The molecule has 1 nitrogen and oxygen atoms in total. The molecule has 1 aromatic carbocycles. The highest BCUT2D eigenvalue weighted by molar-refractivity contribution is 5.42. The second-order valence-corrected chi connectivity index (χ2v) is 5.64. The predicted octanol–water partition coefficient (Wildman–Crippen LogP) is 3.55. The fourth-order valence-electron chi connectivity index (χ4n) is 3.49. The van der Waals surface area contributed by atoms with E-state index >= 15 is 0 Å². The van der Waals surface area contributed by atoms with Gasteiger partial charge in [0.15, 0.2) is 0 Å².